The molecular weight excluding hydrogens is 608 g/mol. The molecule has 2 heterocycles. The molecule has 0 saturated carbocycles. The number of hydrogen-bond acceptors (Lipinski definition) is 5. The Labute approximate surface area is 255 Å². The van der Waals surface area contributed by atoms with Crippen LogP contribution in [0, 0.1) is 10.1 Å². The number of benzene rings is 4. The van der Waals surface area contributed by atoms with E-state index >= 15 is 0 Å². The van der Waals surface area contributed by atoms with Crippen molar-refractivity contribution in [2.45, 2.75) is 0 Å². The molecule has 0 saturated heterocycles. The number of non-ortho nitro benzene ring substituents is 1. The van der Waals surface area contributed by atoms with Crippen LogP contribution in [0.4, 0.5) is 5.69 Å². The number of carbonyl (C=O) groups is 1. The SMILES string of the molecule is O=C(N/N=C\c1ccc(-c2ccc([N+](=O)[O-])cc2Br)o1)c1ccc(-n2c(-c3ccccc3)ccc2-c2ccccc2)cc1. The first-order chi connectivity index (χ1) is 21.0. The maximum Gasteiger partial charge on any atom is 0.271 e. The summed E-state index contributed by atoms with van der Waals surface area (Å²) in [5.41, 5.74) is 8.79. The highest BCUT2D eigenvalue weighted by atomic mass is 79.9. The van der Waals surface area contributed by atoms with Crippen LogP contribution in [-0.4, -0.2) is 21.6 Å². The third-order valence-electron chi connectivity index (χ3n) is 6.82. The van der Waals surface area contributed by atoms with E-state index in [4.69, 9.17) is 4.42 Å². The van der Waals surface area contributed by atoms with Crippen LogP contribution >= 0.6 is 15.9 Å². The Morgan fingerprint density at radius 1 is 0.814 bits per heavy atom. The highest BCUT2D eigenvalue weighted by molar-refractivity contribution is 9.10. The average molecular weight is 631 g/mol. The molecule has 0 atom stereocenters. The summed E-state index contributed by atoms with van der Waals surface area (Å²) < 4.78 is 8.50. The van der Waals surface area contributed by atoms with Gasteiger partial charge >= 0.3 is 0 Å². The first kappa shape index (κ1) is 27.6. The molecule has 4 aromatic carbocycles. The molecule has 1 N–H and O–H groups in total. The number of nitrogens with zero attached hydrogens (tertiary/aromatic N) is 3. The van der Waals surface area contributed by atoms with Crippen molar-refractivity contribution in [1.82, 2.24) is 9.99 Å². The number of hydrazone groups is 1. The summed E-state index contributed by atoms with van der Waals surface area (Å²) in [6.45, 7) is 0. The molecular formula is C34H23BrN4O4. The summed E-state index contributed by atoms with van der Waals surface area (Å²) in [6.07, 6.45) is 1.40. The quantitative estimate of drug-likeness (QED) is 0.103. The van der Waals surface area contributed by atoms with Gasteiger partial charge in [-0.1, -0.05) is 60.7 Å². The van der Waals surface area contributed by atoms with Crippen LogP contribution in [0.5, 0.6) is 0 Å². The van der Waals surface area contributed by atoms with Crippen LogP contribution in [0.15, 0.2) is 141 Å². The van der Waals surface area contributed by atoms with Crippen LogP contribution in [0.2, 0.25) is 0 Å². The molecule has 0 bridgehead atoms. The minimum atomic E-state index is -0.463. The van der Waals surface area contributed by atoms with Gasteiger partial charge in [0, 0.05) is 33.4 Å². The number of furan rings is 1. The van der Waals surface area contributed by atoms with E-state index in [0.29, 0.717) is 27.1 Å². The van der Waals surface area contributed by atoms with Crippen molar-refractivity contribution in [3.05, 3.63) is 153 Å². The molecule has 8 nitrogen and oxygen atoms in total. The Bertz CT molecular complexity index is 1890. The van der Waals surface area contributed by atoms with Gasteiger partial charge in [-0.25, -0.2) is 5.43 Å². The van der Waals surface area contributed by atoms with E-state index in [2.05, 4.69) is 67.4 Å². The lowest BCUT2D eigenvalue weighted by Gasteiger charge is -2.15. The second-order valence-electron chi connectivity index (χ2n) is 9.54. The van der Waals surface area contributed by atoms with E-state index < -0.39 is 4.92 Å². The van der Waals surface area contributed by atoms with Gasteiger partial charge in [0.1, 0.15) is 11.5 Å². The molecule has 2 aromatic heterocycles. The highest BCUT2D eigenvalue weighted by Gasteiger charge is 2.15. The lowest BCUT2D eigenvalue weighted by atomic mass is 10.1. The molecule has 6 rings (SSSR count). The van der Waals surface area contributed by atoms with Crippen molar-refractivity contribution in [2.24, 2.45) is 5.10 Å². The first-order valence-corrected chi connectivity index (χ1v) is 14.1. The number of amides is 1. The fourth-order valence-electron chi connectivity index (χ4n) is 4.75. The molecule has 0 unspecified atom stereocenters. The molecule has 210 valence electrons. The molecule has 0 aliphatic carbocycles. The van der Waals surface area contributed by atoms with Crippen molar-refractivity contribution in [3.63, 3.8) is 0 Å². The van der Waals surface area contributed by atoms with Gasteiger partial charge in [0.25, 0.3) is 11.6 Å². The fraction of sp³-hybridized carbons (Fsp3) is 0. The summed E-state index contributed by atoms with van der Waals surface area (Å²) in [7, 11) is 0. The van der Waals surface area contributed by atoms with Crippen LogP contribution in [0.3, 0.4) is 0 Å². The lowest BCUT2D eigenvalue weighted by Crippen LogP contribution is -2.17. The van der Waals surface area contributed by atoms with Gasteiger partial charge < -0.3 is 8.98 Å². The van der Waals surface area contributed by atoms with Crippen LogP contribution < -0.4 is 5.43 Å². The van der Waals surface area contributed by atoms with E-state index in [1.54, 1.807) is 30.3 Å². The van der Waals surface area contributed by atoms with Crippen molar-refractivity contribution in [1.29, 1.82) is 0 Å². The van der Waals surface area contributed by atoms with Crippen molar-refractivity contribution >= 4 is 33.7 Å². The van der Waals surface area contributed by atoms with E-state index in [-0.39, 0.29) is 11.6 Å². The lowest BCUT2D eigenvalue weighted by molar-refractivity contribution is -0.384. The number of nitro benzene ring substituents is 1. The zero-order chi connectivity index (χ0) is 29.8. The first-order valence-electron chi connectivity index (χ1n) is 13.3. The average Bonchev–Trinajstić information content (AvgIpc) is 3.70. The van der Waals surface area contributed by atoms with E-state index in [9.17, 15) is 14.9 Å². The number of rotatable bonds is 8. The number of nitro groups is 1. The molecule has 9 heteroatoms. The van der Waals surface area contributed by atoms with Crippen molar-refractivity contribution in [3.8, 4) is 39.5 Å². The third-order valence-corrected chi connectivity index (χ3v) is 7.48. The Morgan fingerprint density at radius 2 is 1.44 bits per heavy atom. The van der Waals surface area contributed by atoms with Crippen molar-refractivity contribution < 1.29 is 14.1 Å². The van der Waals surface area contributed by atoms with Crippen LogP contribution in [0.25, 0.3) is 39.5 Å². The molecule has 0 aliphatic heterocycles. The molecule has 0 radical (unpaired) electrons. The second-order valence-corrected chi connectivity index (χ2v) is 10.4. The van der Waals surface area contributed by atoms with E-state index in [1.165, 1.54) is 18.3 Å². The molecule has 6 aromatic rings. The summed E-state index contributed by atoms with van der Waals surface area (Å²) in [6, 6.07) is 39.8. The minimum absolute atomic E-state index is 0.0265. The number of aromatic nitrogens is 1. The number of hydrogen-bond donors (Lipinski definition) is 1. The zero-order valence-electron chi connectivity index (χ0n) is 22.6. The smallest absolute Gasteiger partial charge is 0.271 e. The molecule has 0 spiro atoms. The van der Waals surface area contributed by atoms with Gasteiger partial charge in [-0.2, -0.15) is 5.10 Å². The van der Waals surface area contributed by atoms with Gasteiger partial charge in [0.15, 0.2) is 0 Å². The predicted octanol–water partition coefficient (Wildman–Crippen LogP) is 8.51. The summed E-state index contributed by atoms with van der Waals surface area (Å²) in [5, 5.41) is 15.0. The van der Waals surface area contributed by atoms with Crippen molar-refractivity contribution in [2.75, 3.05) is 0 Å². The predicted molar refractivity (Wildman–Crippen MR) is 170 cm³/mol. The fourth-order valence-corrected chi connectivity index (χ4v) is 5.31. The molecule has 43 heavy (non-hydrogen) atoms. The van der Waals surface area contributed by atoms with Gasteiger partial charge in [0.2, 0.25) is 0 Å². The Balaban J connectivity index is 1.19. The maximum absolute atomic E-state index is 12.8. The monoisotopic (exact) mass is 630 g/mol. The molecule has 1 amide bonds. The summed E-state index contributed by atoms with van der Waals surface area (Å²) in [4.78, 5) is 23.4. The topological polar surface area (TPSA) is 103 Å². The third kappa shape index (κ3) is 5.93. The van der Waals surface area contributed by atoms with Crippen LogP contribution in [-0.2, 0) is 0 Å². The number of halogens is 1. The van der Waals surface area contributed by atoms with Gasteiger partial charge in [-0.05, 0) is 81.7 Å². The summed E-state index contributed by atoms with van der Waals surface area (Å²) >= 11 is 3.35. The minimum Gasteiger partial charge on any atom is -0.455 e. The summed E-state index contributed by atoms with van der Waals surface area (Å²) in [5.74, 6) is 0.539. The Hall–Kier alpha value is -5.54. The second kappa shape index (κ2) is 12.1. The van der Waals surface area contributed by atoms with Gasteiger partial charge in [-0.15, -0.1) is 0 Å². The number of nitrogens with one attached hydrogen (secondary N) is 1. The van der Waals surface area contributed by atoms with E-state index in [1.807, 2.05) is 48.5 Å². The molecule has 0 fully saturated rings. The zero-order valence-corrected chi connectivity index (χ0v) is 24.1. The van der Waals surface area contributed by atoms with E-state index in [0.717, 1.165) is 28.2 Å². The maximum atomic E-state index is 12.8. The Morgan fingerprint density at radius 3 is 2.02 bits per heavy atom. The molecule has 0 aliphatic rings. The van der Waals surface area contributed by atoms with Gasteiger partial charge in [-0.3, -0.25) is 14.9 Å². The van der Waals surface area contributed by atoms with Crippen LogP contribution in [0.1, 0.15) is 16.1 Å². The number of carbonyl (C=O) groups excluding carboxylic acids is 1. The van der Waals surface area contributed by atoms with Gasteiger partial charge in [0.05, 0.1) is 22.5 Å². The highest BCUT2D eigenvalue weighted by Crippen LogP contribution is 2.33. The standard InChI is InChI=1S/C34H23BrN4O4/c35-30-21-27(39(41)42)15-17-29(30)33-20-16-28(43-33)22-36-37-34(40)25-11-13-26(14-12-25)38-31(23-7-3-1-4-8-23)18-19-32(38)24-9-5-2-6-10-24/h1-22H,(H,37,40)/b36-22-. The Kier molecular flexibility index (Phi) is 7.80. The largest absolute Gasteiger partial charge is 0.455 e. The normalized spacial score (nSPS) is 11.1.